The zero-order valence-electron chi connectivity index (χ0n) is 15.4. The predicted molar refractivity (Wildman–Crippen MR) is 98.8 cm³/mol. The number of halogens is 2. The zero-order valence-corrected chi connectivity index (χ0v) is 19.4. The zero-order chi connectivity index (χ0) is 15.8. The van der Waals surface area contributed by atoms with Gasteiger partial charge in [0.1, 0.15) is 0 Å². The SMILES string of the molecule is CCCC[Si]1([C]2([Ti+2][C]3=CC=CC3)CCC3CC=CC=C32)CCC1.[Cl-].[Cl-]. The summed E-state index contributed by atoms with van der Waals surface area (Å²) in [6.07, 6.45) is 24.8. The molecule has 0 aromatic carbocycles. The summed E-state index contributed by atoms with van der Waals surface area (Å²) in [5, 5.41) is 0. The molecule has 4 rings (SSSR count). The molecule has 0 aromatic rings. The molecule has 25 heavy (non-hydrogen) atoms. The summed E-state index contributed by atoms with van der Waals surface area (Å²) in [5.41, 5.74) is 1.97. The molecule has 0 N–H and O–H groups in total. The molecule has 1 heterocycles. The third-order valence-corrected chi connectivity index (χ3v) is 18.9. The second-order valence-corrected chi connectivity index (χ2v) is 16.5. The summed E-state index contributed by atoms with van der Waals surface area (Å²) in [7, 11) is -1.07. The molecule has 1 saturated heterocycles. The minimum Gasteiger partial charge on any atom is -1.00 e. The number of hydrogen-bond acceptors (Lipinski definition) is 0. The molecule has 1 aliphatic heterocycles. The summed E-state index contributed by atoms with van der Waals surface area (Å²) in [5.74, 6) is 0.922. The van der Waals surface area contributed by atoms with Crippen LogP contribution in [-0.4, -0.2) is 8.07 Å². The fourth-order valence-corrected chi connectivity index (χ4v) is 17.7. The maximum absolute atomic E-state index is 2.60. The van der Waals surface area contributed by atoms with E-state index in [1.165, 1.54) is 32.1 Å². The number of hydrogen-bond donors (Lipinski definition) is 0. The van der Waals surface area contributed by atoms with Gasteiger partial charge in [0.05, 0.1) is 0 Å². The third-order valence-electron chi connectivity index (χ3n) is 7.00. The van der Waals surface area contributed by atoms with Crippen molar-refractivity contribution in [3.05, 3.63) is 45.9 Å². The van der Waals surface area contributed by atoms with E-state index < -0.39 is 8.07 Å². The first-order chi connectivity index (χ1) is 11.3. The standard InChI is InChI=1S/C16H25Si.C5H5.2ClH.Ti/c1-2-3-11-17(12-6-13-17)16-10-9-14-7-4-5-8-15(14)16;1-2-4-5-3-1;;;/h4-5,8,14H,2-3,6-7,9-13H2,1H3;1-3H,4H2;2*1H;/q;;;;+2/p-2. The number of fused-ring (bicyclic) bond motifs is 1. The van der Waals surface area contributed by atoms with Gasteiger partial charge in [0, 0.05) is 0 Å². The molecule has 0 bridgehead atoms. The molecule has 0 nitrogen and oxygen atoms in total. The monoisotopic (exact) mass is 428 g/mol. The molecule has 2 fully saturated rings. The molecule has 136 valence electrons. The fraction of sp³-hybridized carbons (Fsp3) is 0.619. The third kappa shape index (κ3) is 3.74. The topological polar surface area (TPSA) is 0 Å². The van der Waals surface area contributed by atoms with Gasteiger partial charge >= 0.3 is 152 Å². The van der Waals surface area contributed by atoms with Crippen molar-refractivity contribution in [2.75, 3.05) is 0 Å². The second kappa shape index (κ2) is 9.11. The molecule has 0 radical (unpaired) electrons. The van der Waals surface area contributed by atoms with E-state index >= 15 is 0 Å². The van der Waals surface area contributed by atoms with Crippen LogP contribution in [0.15, 0.2) is 45.9 Å². The van der Waals surface area contributed by atoms with E-state index in [1.807, 2.05) is 9.45 Å². The summed E-state index contributed by atoms with van der Waals surface area (Å²) < 4.78 is 2.62. The van der Waals surface area contributed by atoms with Crippen LogP contribution in [0.4, 0.5) is 0 Å². The van der Waals surface area contributed by atoms with Crippen molar-refractivity contribution in [3.63, 3.8) is 0 Å². The van der Waals surface area contributed by atoms with Gasteiger partial charge in [-0.3, -0.25) is 0 Å². The average Bonchev–Trinajstić information content (AvgIpc) is 3.16. The van der Waals surface area contributed by atoms with Crippen molar-refractivity contribution in [2.45, 2.75) is 73.3 Å². The van der Waals surface area contributed by atoms with Crippen LogP contribution >= 0.6 is 0 Å². The Kier molecular flexibility index (Phi) is 7.93. The Morgan fingerprint density at radius 3 is 2.60 bits per heavy atom. The molecular formula is C21H30Cl2SiTi. The Labute approximate surface area is 176 Å². The Morgan fingerprint density at radius 2 is 1.96 bits per heavy atom. The van der Waals surface area contributed by atoms with Gasteiger partial charge in [-0.1, -0.05) is 0 Å². The minimum atomic E-state index is -1.07. The number of rotatable bonds is 6. The first-order valence-corrected chi connectivity index (χ1v) is 14.0. The summed E-state index contributed by atoms with van der Waals surface area (Å²) in [4.78, 5) is 0. The molecule has 0 aromatic heterocycles. The summed E-state index contributed by atoms with van der Waals surface area (Å²) in [6, 6.07) is 4.96. The van der Waals surface area contributed by atoms with Crippen molar-refractivity contribution < 1.29 is 44.0 Å². The fourth-order valence-electron chi connectivity index (χ4n) is 5.64. The normalized spacial score (nSPS) is 31.0. The maximum Gasteiger partial charge on any atom is -1.00 e. The number of allylic oxidation sites excluding steroid dienone is 8. The Hall–Kier alpha value is 0.471. The van der Waals surface area contributed by atoms with Crippen molar-refractivity contribution in [2.24, 2.45) is 5.92 Å². The van der Waals surface area contributed by atoms with Crippen LogP contribution in [0.3, 0.4) is 0 Å². The van der Waals surface area contributed by atoms with Crippen LogP contribution in [0, 0.1) is 5.92 Å². The van der Waals surface area contributed by atoms with Crippen LogP contribution in [0.25, 0.3) is 0 Å². The van der Waals surface area contributed by atoms with Gasteiger partial charge in [0.15, 0.2) is 0 Å². The van der Waals surface area contributed by atoms with Gasteiger partial charge < -0.3 is 24.8 Å². The average molecular weight is 429 g/mol. The van der Waals surface area contributed by atoms with Gasteiger partial charge in [-0.15, -0.1) is 0 Å². The van der Waals surface area contributed by atoms with Crippen molar-refractivity contribution in [1.29, 1.82) is 0 Å². The van der Waals surface area contributed by atoms with Crippen molar-refractivity contribution >= 4 is 8.07 Å². The molecule has 2 atom stereocenters. The van der Waals surface area contributed by atoms with Crippen LogP contribution in [0.5, 0.6) is 0 Å². The first kappa shape index (κ1) is 21.8. The molecule has 4 heteroatoms. The van der Waals surface area contributed by atoms with Crippen molar-refractivity contribution in [1.82, 2.24) is 0 Å². The van der Waals surface area contributed by atoms with Crippen LogP contribution in [-0.2, 0) is 19.2 Å². The van der Waals surface area contributed by atoms with E-state index in [1.54, 1.807) is 31.0 Å². The molecule has 2 unspecified atom stereocenters. The molecule has 1 saturated carbocycles. The molecule has 0 amide bonds. The molecular weight excluding hydrogens is 399 g/mol. The summed E-state index contributed by atoms with van der Waals surface area (Å²) >= 11 is 0.0131. The van der Waals surface area contributed by atoms with Gasteiger partial charge in [0.25, 0.3) is 0 Å². The minimum absolute atomic E-state index is 0. The molecule has 4 aliphatic rings. The van der Waals surface area contributed by atoms with E-state index in [2.05, 4.69) is 43.4 Å². The quantitative estimate of drug-likeness (QED) is 0.542. The van der Waals surface area contributed by atoms with E-state index in [0.29, 0.717) is 0 Å². The first-order valence-electron chi connectivity index (χ1n) is 9.81. The largest absolute Gasteiger partial charge is 1.00 e. The second-order valence-electron chi connectivity index (χ2n) is 8.11. The maximum atomic E-state index is 2.60. The molecule has 0 spiro atoms. The van der Waals surface area contributed by atoms with E-state index in [0.717, 1.165) is 9.26 Å². The van der Waals surface area contributed by atoms with Crippen LogP contribution < -0.4 is 24.8 Å². The van der Waals surface area contributed by atoms with Crippen LogP contribution in [0.2, 0.25) is 21.5 Å². The van der Waals surface area contributed by atoms with Crippen LogP contribution in [0.1, 0.15) is 51.9 Å². The van der Waals surface area contributed by atoms with Gasteiger partial charge in [-0.2, -0.15) is 0 Å². The number of unbranched alkanes of at least 4 members (excludes halogenated alkanes) is 1. The smallest absolute Gasteiger partial charge is 1.00 e. The van der Waals surface area contributed by atoms with Gasteiger partial charge in [0.2, 0.25) is 0 Å². The van der Waals surface area contributed by atoms with E-state index in [-0.39, 0.29) is 44.0 Å². The molecule has 3 aliphatic carbocycles. The Balaban J connectivity index is 0.00000113. The van der Waals surface area contributed by atoms with E-state index in [9.17, 15) is 0 Å². The van der Waals surface area contributed by atoms with E-state index in [4.69, 9.17) is 0 Å². The summed E-state index contributed by atoms with van der Waals surface area (Å²) in [6.45, 7) is 2.40. The van der Waals surface area contributed by atoms with Gasteiger partial charge in [-0.05, 0) is 0 Å². The van der Waals surface area contributed by atoms with Crippen molar-refractivity contribution in [3.8, 4) is 0 Å². The Bertz CT molecular complexity index is 589. The van der Waals surface area contributed by atoms with Gasteiger partial charge in [-0.25, -0.2) is 0 Å². The predicted octanol–water partition coefficient (Wildman–Crippen LogP) is 0.568. The Morgan fingerprint density at radius 1 is 1.16 bits per heavy atom.